The minimum Gasteiger partial charge on any atom is -0.273 e. The van der Waals surface area contributed by atoms with Gasteiger partial charge in [0.1, 0.15) is 0 Å². The molecule has 1 amide bonds. The van der Waals surface area contributed by atoms with Gasteiger partial charge in [-0.3, -0.25) is 4.79 Å². The monoisotopic (exact) mass is 272 g/mol. The highest BCUT2D eigenvalue weighted by Gasteiger charge is 1.98. The molecule has 108 valence electrons. The molecular formula is C17H24N2O. The van der Waals surface area contributed by atoms with E-state index in [0.29, 0.717) is 6.42 Å². The Hall–Kier alpha value is -1.90. The van der Waals surface area contributed by atoms with Crippen LogP contribution >= 0.6 is 0 Å². The summed E-state index contributed by atoms with van der Waals surface area (Å²) in [6.07, 6.45) is 11.7. The molecule has 1 N–H and O–H groups in total. The summed E-state index contributed by atoms with van der Waals surface area (Å²) in [5.74, 6) is -0.00846. The SMILES string of the molecule is CCCCCCCC(=O)NN=CC=Cc1ccccc1. The minimum atomic E-state index is -0.00846. The van der Waals surface area contributed by atoms with Gasteiger partial charge in [0.05, 0.1) is 0 Å². The van der Waals surface area contributed by atoms with Crippen LogP contribution in [0, 0.1) is 0 Å². The zero-order chi connectivity index (χ0) is 14.5. The number of hydrazone groups is 1. The predicted molar refractivity (Wildman–Crippen MR) is 85.5 cm³/mol. The molecule has 1 aromatic rings. The molecule has 0 fully saturated rings. The van der Waals surface area contributed by atoms with E-state index in [1.807, 2.05) is 42.5 Å². The van der Waals surface area contributed by atoms with E-state index in [9.17, 15) is 4.79 Å². The standard InChI is InChI=1S/C17H24N2O/c1-2-3-4-5-9-14-17(20)19-18-15-10-13-16-11-7-6-8-12-16/h6-8,10-13,15H,2-5,9,14H2,1H3,(H,19,20). The Balaban J connectivity index is 2.11. The maximum Gasteiger partial charge on any atom is 0.240 e. The molecule has 0 aliphatic heterocycles. The van der Waals surface area contributed by atoms with Gasteiger partial charge >= 0.3 is 0 Å². The summed E-state index contributed by atoms with van der Waals surface area (Å²) in [6.45, 7) is 2.18. The van der Waals surface area contributed by atoms with Gasteiger partial charge in [0, 0.05) is 12.6 Å². The van der Waals surface area contributed by atoms with Gasteiger partial charge in [-0.1, -0.05) is 69.0 Å². The third kappa shape index (κ3) is 8.25. The number of benzene rings is 1. The minimum absolute atomic E-state index is 0.00846. The molecule has 1 aromatic carbocycles. The van der Waals surface area contributed by atoms with Gasteiger partial charge in [-0.25, -0.2) is 5.43 Å². The number of hydrogen-bond acceptors (Lipinski definition) is 2. The zero-order valence-electron chi connectivity index (χ0n) is 12.2. The van der Waals surface area contributed by atoms with Crippen LogP contribution in [-0.2, 0) is 4.79 Å². The van der Waals surface area contributed by atoms with Crippen molar-refractivity contribution in [3.63, 3.8) is 0 Å². The average molecular weight is 272 g/mol. The van der Waals surface area contributed by atoms with Crippen molar-refractivity contribution in [1.82, 2.24) is 5.43 Å². The van der Waals surface area contributed by atoms with Crippen molar-refractivity contribution in [1.29, 1.82) is 0 Å². The molecule has 0 heterocycles. The number of unbranched alkanes of at least 4 members (excludes halogenated alkanes) is 4. The first-order chi connectivity index (χ1) is 9.83. The largest absolute Gasteiger partial charge is 0.273 e. The molecule has 0 unspecified atom stereocenters. The van der Waals surface area contributed by atoms with E-state index in [1.165, 1.54) is 19.3 Å². The first-order valence-corrected chi connectivity index (χ1v) is 7.36. The molecule has 0 saturated heterocycles. The lowest BCUT2D eigenvalue weighted by Gasteiger charge is -1.99. The van der Waals surface area contributed by atoms with Gasteiger partial charge in [-0.05, 0) is 18.1 Å². The Bertz CT molecular complexity index is 424. The highest BCUT2D eigenvalue weighted by molar-refractivity contribution is 5.81. The molecule has 0 radical (unpaired) electrons. The third-order valence-electron chi connectivity index (χ3n) is 2.95. The normalized spacial score (nSPS) is 11.2. The van der Waals surface area contributed by atoms with E-state index in [2.05, 4.69) is 17.5 Å². The van der Waals surface area contributed by atoms with E-state index in [4.69, 9.17) is 0 Å². The second kappa shape index (κ2) is 11.0. The summed E-state index contributed by atoms with van der Waals surface area (Å²) in [7, 11) is 0. The number of nitrogens with zero attached hydrogens (tertiary/aromatic N) is 1. The maximum absolute atomic E-state index is 11.5. The van der Waals surface area contributed by atoms with Crippen molar-refractivity contribution in [2.75, 3.05) is 0 Å². The highest BCUT2D eigenvalue weighted by atomic mass is 16.2. The molecule has 0 bridgehead atoms. The number of hydrogen-bond donors (Lipinski definition) is 1. The van der Waals surface area contributed by atoms with Gasteiger partial charge in [0.2, 0.25) is 5.91 Å². The fraction of sp³-hybridized carbons (Fsp3) is 0.412. The maximum atomic E-state index is 11.5. The van der Waals surface area contributed by atoms with Crippen LogP contribution in [0.1, 0.15) is 51.0 Å². The highest BCUT2D eigenvalue weighted by Crippen LogP contribution is 2.04. The fourth-order valence-electron chi connectivity index (χ4n) is 1.82. The van der Waals surface area contributed by atoms with Crippen LogP contribution in [-0.4, -0.2) is 12.1 Å². The Labute approximate surface area is 121 Å². The topological polar surface area (TPSA) is 41.5 Å². The van der Waals surface area contributed by atoms with Gasteiger partial charge < -0.3 is 0 Å². The fourth-order valence-corrected chi connectivity index (χ4v) is 1.82. The van der Waals surface area contributed by atoms with Crippen molar-refractivity contribution in [3.8, 4) is 0 Å². The van der Waals surface area contributed by atoms with Gasteiger partial charge in [0.25, 0.3) is 0 Å². The van der Waals surface area contributed by atoms with E-state index < -0.39 is 0 Å². The van der Waals surface area contributed by atoms with Crippen molar-refractivity contribution in [3.05, 3.63) is 42.0 Å². The molecule has 0 atom stereocenters. The van der Waals surface area contributed by atoms with E-state index >= 15 is 0 Å². The number of allylic oxidation sites excluding steroid dienone is 1. The predicted octanol–water partition coefficient (Wildman–Crippen LogP) is 4.16. The van der Waals surface area contributed by atoms with Gasteiger partial charge in [-0.15, -0.1) is 0 Å². The van der Waals surface area contributed by atoms with Crippen LogP contribution in [0.5, 0.6) is 0 Å². The van der Waals surface area contributed by atoms with Crippen LogP contribution in [0.15, 0.2) is 41.5 Å². The van der Waals surface area contributed by atoms with Crippen LogP contribution in [0.2, 0.25) is 0 Å². The molecule has 20 heavy (non-hydrogen) atoms. The summed E-state index contributed by atoms with van der Waals surface area (Å²) >= 11 is 0. The molecule has 3 nitrogen and oxygen atoms in total. The quantitative estimate of drug-likeness (QED) is 0.409. The van der Waals surface area contributed by atoms with E-state index in [-0.39, 0.29) is 5.91 Å². The van der Waals surface area contributed by atoms with E-state index in [0.717, 1.165) is 18.4 Å². The second-order valence-corrected chi connectivity index (χ2v) is 4.75. The number of amides is 1. The smallest absolute Gasteiger partial charge is 0.240 e. The molecule has 3 heteroatoms. The molecule has 1 rings (SSSR count). The average Bonchev–Trinajstić information content (AvgIpc) is 2.48. The summed E-state index contributed by atoms with van der Waals surface area (Å²) in [5.41, 5.74) is 3.65. The van der Waals surface area contributed by atoms with Crippen molar-refractivity contribution < 1.29 is 4.79 Å². The van der Waals surface area contributed by atoms with Crippen molar-refractivity contribution in [2.45, 2.75) is 45.4 Å². The lowest BCUT2D eigenvalue weighted by atomic mass is 10.1. The molecule has 0 saturated carbocycles. The molecule has 0 spiro atoms. The number of rotatable bonds is 9. The lowest BCUT2D eigenvalue weighted by Crippen LogP contribution is -2.16. The number of carbonyl (C=O) groups is 1. The van der Waals surface area contributed by atoms with Crippen LogP contribution < -0.4 is 5.43 Å². The van der Waals surface area contributed by atoms with Crippen LogP contribution in [0.4, 0.5) is 0 Å². The van der Waals surface area contributed by atoms with Crippen molar-refractivity contribution in [2.24, 2.45) is 5.10 Å². The molecular weight excluding hydrogens is 248 g/mol. The first kappa shape index (κ1) is 16.2. The van der Waals surface area contributed by atoms with Crippen LogP contribution in [0.25, 0.3) is 6.08 Å². The molecule has 0 aliphatic rings. The van der Waals surface area contributed by atoms with E-state index in [1.54, 1.807) is 6.21 Å². The van der Waals surface area contributed by atoms with Crippen LogP contribution in [0.3, 0.4) is 0 Å². The Morgan fingerprint density at radius 2 is 1.90 bits per heavy atom. The molecule has 0 aliphatic carbocycles. The first-order valence-electron chi connectivity index (χ1n) is 7.36. The number of carbonyl (C=O) groups excluding carboxylic acids is 1. The zero-order valence-corrected chi connectivity index (χ0v) is 12.2. The Morgan fingerprint density at radius 1 is 1.15 bits per heavy atom. The number of nitrogens with one attached hydrogen (secondary N) is 1. The summed E-state index contributed by atoms with van der Waals surface area (Å²) in [4.78, 5) is 11.5. The molecule has 0 aromatic heterocycles. The van der Waals surface area contributed by atoms with Crippen molar-refractivity contribution >= 4 is 18.2 Å². The Morgan fingerprint density at radius 3 is 2.65 bits per heavy atom. The van der Waals surface area contributed by atoms with Gasteiger partial charge in [-0.2, -0.15) is 5.10 Å². The lowest BCUT2D eigenvalue weighted by molar-refractivity contribution is -0.121. The summed E-state index contributed by atoms with van der Waals surface area (Å²) < 4.78 is 0. The Kier molecular flexibility index (Phi) is 8.86. The van der Waals surface area contributed by atoms with Gasteiger partial charge in [0.15, 0.2) is 0 Å². The second-order valence-electron chi connectivity index (χ2n) is 4.75. The third-order valence-corrected chi connectivity index (χ3v) is 2.95. The summed E-state index contributed by atoms with van der Waals surface area (Å²) in [5, 5.41) is 3.89. The summed E-state index contributed by atoms with van der Waals surface area (Å²) in [6, 6.07) is 9.97.